The number of carbonyl (C=O) groups excluding carboxylic acids is 1. The van der Waals surface area contributed by atoms with Gasteiger partial charge in [-0.05, 0) is 36.6 Å². The van der Waals surface area contributed by atoms with Crippen molar-refractivity contribution in [2.75, 3.05) is 13.7 Å². The monoisotopic (exact) mass is 283 g/mol. The molecule has 2 rings (SSSR count). The molecule has 0 bridgehead atoms. The Balaban J connectivity index is 1.74. The molecule has 2 aromatic rings. The van der Waals surface area contributed by atoms with E-state index in [1.807, 2.05) is 55.5 Å². The van der Waals surface area contributed by atoms with Gasteiger partial charge in [0.05, 0.1) is 13.5 Å². The van der Waals surface area contributed by atoms with E-state index >= 15 is 0 Å². The van der Waals surface area contributed by atoms with Crippen LogP contribution in [0.2, 0.25) is 0 Å². The zero-order valence-corrected chi connectivity index (χ0v) is 12.6. The highest BCUT2D eigenvalue weighted by Crippen LogP contribution is 2.11. The number of amides is 1. The van der Waals surface area contributed by atoms with Crippen LogP contribution in [-0.4, -0.2) is 19.6 Å². The molecule has 1 amide bonds. The fourth-order valence-electron chi connectivity index (χ4n) is 2.09. The first-order valence-corrected chi connectivity index (χ1v) is 7.12. The molecule has 0 saturated carbocycles. The van der Waals surface area contributed by atoms with Crippen LogP contribution in [0.25, 0.3) is 0 Å². The molecule has 0 fully saturated rings. The van der Waals surface area contributed by atoms with Crippen molar-refractivity contribution in [2.24, 2.45) is 0 Å². The number of methoxy groups -OCH3 is 1. The van der Waals surface area contributed by atoms with Crippen LogP contribution in [0.15, 0.2) is 48.5 Å². The van der Waals surface area contributed by atoms with E-state index in [-0.39, 0.29) is 5.91 Å². The maximum Gasteiger partial charge on any atom is 0.224 e. The topological polar surface area (TPSA) is 38.3 Å². The van der Waals surface area contributed by atoms with E-state index in [4.69, 9.17) is 4.74 Å². The second-order valence-corrected chi connectivity index (χ2v) is 5.11. The van der Waals surface area contributed by atoms with E-state index in [1.165, 1.54) is 11.1 Å². The zero-order valence-electron chi connectivity index (χ0n) is 12.6. The molecule has 2 aromatic carbocycles. The third kappa shape index (κ3) is 4.95. The normalized spacial score (nSPS) is 10.2. The van der Waals surface area contributed by atoms with Gasteiger partial charge in [0.1, 0.15) is 5.75 Å². The minimum Gasteiger partial charge on any atom is -0.497 e. The molecule has 0 spiro atoms. The van der Waals surface area contributed by atoms with Gasteiger partial charge in [-0.2, -0.15) is 0 Å². The van der Waals surface area contributed by atoms with Crippen LogP contribution in [0.5, 0.6) is 5.75 Å². The fourth-order valence-corrected chi connectivity index (χ4v) is 2.09. The molecule has 0 unspecified atom stereocenters. The van der Waals surface area contributed by atoms with Gasteiger partial charge in [0.25, 0.3) is 0 Å². The molecule has 21 heavy (non-hydrogen) atoms. The van der Waals surface area contributed by atoms with Crippen LogP contribution >= 0.6 is 0 Å². The van der Waals surface area contributed by atoms with Crippen molar-refractivity contribution in [3.63, 3.8) is 0 Å². The standard InChI is InChI=1S/C18H21NO2/c1-14-3-5-16(6-4-14)13-18(20)19-12-11-15-7-9-17(21-2)10-8-15/h3-10H,11-13H2,1-2H3,(H,19,20). The Morgan fingerprint density at radius 1 is 1.00 bits per heavy atom. The van der Waals surface area contributed by atoms with Gasteiger partial charge in [0.15, 0.2) is 0 Å². The summed E-state index contributed by atoms with van der Waals surface area (Å²) in [7, 11) is 1.65. The summed E-state index contributed by atoms with van der Waals surface area (Å²) in [5.41, 5.74) is 3.44. The lowest BCUT2D eigenvalue weighted by Crippen LogP contribution is -2.27. The Kier molecular flexibility index (Phi) is 5.38. The number of aryl methyl sites for hydroxylation is 1. The Bertz CT molecular complexity index is 573. The van der Waals surface area contributed by atoms with Gasteiger partial charge in [0, 0.05) is 6.54 Å². The summed E-state index contributed by atoms with van der Waals surface area (Å²) in [6.45, 7) is 2.69. The van der Waals surface area contributed by atoms with E-state index in [0.29, 0.717) is 13.0 Å². The summed E-state index contributed by atoms with van der Waals surface area (Å²) in [5, 5.41) is 2.95. The summed E-state index contributed by atoms with van der Waals surface area (Å²) in [6.07, 6.45) is 1.26. The Hall–Kier alpha value is -2.29. The fraction of sp³-hybridized carbons (Fsp3) is 0.278. The largest absolute Gasteiger partial charge is 0.497 e. The first-order valence-electron chi connectivity index (χ1n) is 7.12. The molecule has 0 saturated heterocycles. The van der Waals surface area contributed by atoms with Gasteiger partial charge < -0.3 is 10.1 Å². The van der Waals surface area contributed by atoms with Gasteiger partial charge in [-0.1, -0.05) is 42.0 Å². The van der Waals surface area contributed by atoms with Crippen molar-refractivity contribution in [1.82, 2.24) is 5.32 Å². The maximum absolute atomic E-state index is 11.9. The molecule has 1 N–H and O–H groups in total. The van der Waals surface area contributed by atoms with Gasteiger partial charge >= 0.3 is 0 Å². The Labute approximate surface area is 126 Å². The summed E-state index contributed by atoms with van der Waals surface area (Å²) in [6, 6.07) is 16.0. The van der Waals surface area contributed by atoms with Gasteiger partial charge in [-0.25, -0.2) is 0 Å². The number of hydrogen-bond donors (Lipinski definition) is 1. The van der Waals surface area contributed by atoms with Gasteiger partial charge in [-0.3, -0.25) is 4.79 Å². The van der Waals surface area contributed by atoms with E-state index in [2.05, 4.69) is 5.32 Å². The molecule has 0 aliphatic carbocycles. The van der Waals surface area contributed by atoms with E-state index < -0.39 is 0 Å². The highest BCUT2D eigenvalue weighted by Gasteiger charge is 2.03. The van der Waals surface area contributed by atoms with Crippen molar-refractivity contribution in [3.8, 4) is 5.75 Å². The zero-order chi connectivity index (χ0) is 15.1. The number of nitrogens with one attached hydrogen (secondary N) is 1. The molecule has 0 heterocycles. The highest BCUT2D eigenvalue weighted by molar-refractivity contribution is 5.78. The van der Waals surface area contributed by atoms with E-state index in [1.54, 1.807) is 7.11 Å². The molecular formula is C18H21NO2. The van der Waals surface area contributed by atoms with Gasteiger partial charge in [0.2, 0.25) is 5.91 Å². The first kappa shape index (κ1) is 15.1. The SMILES string of the molecule is COc1ccc(CCNC(=O)Cc2ccc(C)cc2)cc1. The number of rotatable bonds is 6. The average Bonchev–Trinajstić information content (AvgIpc) is 2.50. The average molecular weight is 283 g/mol. The minimum atomic E-state index is 0.0624. The molecule has 0 radical (unpaired) electrons. The van der Waals surface area contributed by atoms with Crippen molar-refractivity contribution in [3.05, 3.63) is 65.2 Å². The number of carbonyl (C=O) groups is 1. The van der Waals surface area contributed by atoms with Crippen molar-refractivity contribution >= 4 is 5.91 Å². The van der Waals surface area contributed by atoms with Crippen molar-refractivity contribution in [2.45, 2.75) is 19.8 Å². The second kappa shape index (κ2) is 7.48. The summed E-state index contributed by atoms with van der Waals surface area (Å²) < 4.78 is 5.12. The van der Waals surface area contributed by atoms with Crippen LogP contribution in [0.4, 0.5) is 0 Å². The Morgan fingerprint density at radius 3 is 2.24 bits per heavy atom. The minimum absolute atomic E-state index is 0.0624. The van der Waals surface area contributed by atoms with Crippen molar-refractivity contribution < 1.29 is 9.53 Å². The number of benzene rings is 2. The first-order chi connectivity index (χ1) is 10.2. The predicted octanol–water partition coefficient (Wildman–Crippen LogP) is 2.91. The molecular weight excluding hydrogens is 262 g/mol. The molecule has 0 atom stereocenters. The quantitative estimate of drug-likeness (QED) is 0.885. The highest BCUT2D eigenvalue weighted by atomic mass is 16.5. The van der Waals surface area contributed by atoms with Crippen LogP contribution < -0.4 is 10.1 Å². The van der Waals surface area contributed by atoms with Crippen LogP contribution in [0, 0.1) is 6.92 Å². The maximum atomic E-state index is 11.9. The van der Waals surface area contributed by atoms with Gasteiger partial charge in [-0.15, -0.1) is 0 Å². The molecule has 3 nitrogen and oxygen atoms in total. The molecule has 0 aromatic heterocycles. The van der Waals surface area contributed by atoms with Crippen LogP contribution in [0.3, 0.4) is 0 Å². The third-order valence-electron chi connectivity index (χ3n) is 3.38. The summed E-state index contributed by atoms with van der Waals surface area (Å²) in [4.78, 5) is 11.9. The van der Waals surface area contributed by atoms with Crippen molar-refractivity contribution in [1.29, 1.82) is 0 Å². The second-order valence-electron chi connectivity index (χ2n) is 5.11. The van der Waals surface area contributed by atoms with E-state index in [0.717, 1.165) is 17.7 Å². The lowest BCUT2D eigenvalue weighted by molar-refractivity contribution is -0.120. The van der Waals surface area contributed by atoms with Crippen LogP contribution in [0.1, 0.15) is 16.7 Å². The smallest absolute Gasteiger partial charge is 0.224 e. The third-order valence-corrected chi connectivity index (χ3v) is 3.38. The van der Waals surface area contributed by atoms with E-state index in [9.17, 15) is 4.79 Å². The van der Waals surface area contributed by atoms with Crippen LogP contribution in [-0.2, 0) is 17.6 Å². The lowest BCUT2D eigenvalue weighted by atomic mass is 10.1. The Morgan fingerprint density at radius 2 is 1.62 bits per heavy atom. The molecule has 110 valence electrons. The predicted molar refractivity (Wildman–Crippen MR) is 84.6 cm³/mol. The lowest BCUT2D eigenvalue weighted by Gasteiger charge is -2.06. The summed E-state index contributed by atoms with van der Waals surface area (Å²) >= 11 is 0. The molecule has 0 aliphatic heterocycles. The molecule has 0 aliphatic rings. The number of ether oxygens (including phenoxy) is 1. The molecule has 3 heteroatoms. The summed E-state index contributed by atoms with van der Waals surface area (Å²) in [5.74, 6) is 0.912. The number of hydrogen-bond acceptors (Lipinski definition) is 2.